The van der Waals surface area contributed by atoms with Gasteiger partial charge in [-0.15, -0.1) is 0 Å². The number of phenolic OH excluding ortho intramolecular Hbond substituents is 1. The minimum absolute atomic E-state index is 0.0111. The molecule has 0 saturated carbocycles. The zero-order valence-corrected chi connectivity index (χ0v) is 25.9. The minimum atomic E-state index is -1.86. The SMILES string of the molecule is Cc1ccc(C(C)(C)OC(=O)C(C)(C)C(C)(C(=O)OC2CCOC2=O)C(C)(C)C(=O)Oc2ccc(O)cc2)[te]1. The van der Waals surface area contributed by atoms with E-state index in [1.807, 2.05) is 19.1 Å². The molecule has 1 N–H and O–H groups in total. The predicted octanol–water partition coefficient (Wildman–Crippen LogP) is 4.06. The zero-order chi connectivity index (χ0) is 29.4. The molecule has 1 aromatic heterocycles. The maximum atomic E-state index is 13.9. The van der Waals surface area contributed by atoms with Gasteiger partial charge >= 0.3 is 228 Å². The average Bonchev–Trinajstić information content (AvgIpc) is 3.47. The molecule has 2 unspecified atom stereocenters. The van der Waals surface area contributed by atoms with Crippen molar-refractivity contribution in [3.8, 4) is 11.5 Å². The normalized spacial score (nSPS) is 17.6. The Kier molecular flexibility index (Phi) is 8.64. The van der Waals surface area contributed by atoms with Gasteiger partial charge in [0.15, 0.2) is 0 Å². The van der Waals surface area contributed by atoms with E-state index in [9.17, 15) is 24.3 Å². The topological polar surface area (TPSA) is 125 Å². The molecule has 0 spiro atoms. The van der Waals surface area contributed by atoms with E-state index in [0.717, 1.165) is 3.58 Å². The molecule has 1 aromatic carbocycles. The number of cyclic esters (lactones) is 1. The van der Waals surface area contributed by atoms with Crippen LogP contribution < -0.4 is 4.74 Å². The van der Waals surface area contributed by atoms with Crippen LogP contribution in [0, 0.1) is 23.2 Å². The fourth-order valence-electron chi connectivity index (χ4n) is 4.45. The van der Waals surface area contributed by atoms with Crippen molar-refractivity contribution >= 4 is 44.3 Å². The number of benzene rings is 1. The van der Waals surface area contributed by atoms with Crippen LogP contribution in [0.3, 0.4) is 0 Å². The molecule has 0 aliphatic carbocycles. The van der Waals surface area contributed by atoms with Gasteiger partial charge in [-0.1, -0.05) is 0 Å². The molecule has 2 heterocycles. The number of aryl methyl sites for hydroxylation is 1. The molecule has 10 heteroatoms. The Labute approximate surface area is 238 Å². The van der Waals surface area contributed by atoms with Crippen LogP contribution in [0.2, 0.25) is 0 Å². The molecule has 39 heavy (non-hydrogen) atoms. The summed E-state index contributed by atoms with van der Waals surface area (Å²) in [6.45, 7) is 13.2. The van der Waals surface area contributed by atoms with Crippen molar-refractivity contribution in [2.75, 3.05) is 6.61 Å². The first-order valence-corrected chi connectivity index (χ1v) is 15.0. The third kappa shape index (κ3) is 5.87. The van der Waals surface area contributed by atoms with E-state index in [1.54, 1.807) is 13.8 Å². The fourth-order valence-corrected chi connectivity index (χ4v) is 7.04. The van der Waals surface area contributed by atoms with Gasteiger partial charge in [0.25, 0.3) is 0 Å². The number of aromatic hydroxyl groups is 1. The van der Waals surface area contributed by atoms with Crippen molar-refractivity contribution in [3.63, 3.8) is 0 Å². The summed E-state index contributed by atoms with van der Waals surface area (Å²) in [5, 5.41) is 9.57. The molecular formula is C29H36O9Te. The van der Waals surface area contributed by atoms with Gasteiger partial charge in [-0.3, -0.25) is 0 Å². The zero-order valence-electron chi connectivity index (χ0n) is 23.6. The number of ether oxygens (including phenoxy) is 4. The van der Waals surface area contributed by atoms with Crippen LogP contribution in [0.25, 0.3) is 0 Å². The van der Waals surface area contributed by atoms with Gasteiger partial charge in [-0.2, -0.15) is 0 Å². The van der Waals surface area contributed by atoms with Crippen LogP contribution in [0.4, 0.5) is 0 Å². The van der Waals surface area contributed by atoms with Crippen LogP contribution in [-0.2, 0) is 39.0 Å². The summed E-state index contributed by atoms with van der Waals surface area (Å²) in [5.74, 6) is -3.00. The summed E-state index contributed by atoms with van der Waals surface area (Å²) < 4.78 is 24.4. The van der Waals surface area contributed by atoms with Gasteiger partial charge in [-0.25, -0.2) is 0 Å². The first-order chi connectivity index (χ1) is 17.9. The molecule has 1 saturated heterocycles. The standard InChI is InChI=1S/C29H36O9Te/c1-17-9-14-21(39-17)28(6,7)38-24(33)27(4,5)29(8,25(34)37-20-15-16-35-22(20)31)26(2,3)23(32)36-19-12-10-18(30)11-13-19/h9-14,20,30H,15-16H2,1-8H3. The second kappa shape index (κ2) is 11.0. The molecule has 1 fully saturated rings. The van der Waals surface area contributed by atoms with E-state index in [4.69, 9.17) is 18.9 Å². The first-order valence-electron chi connectivity index (χ1n) is 12.6. The number of phenols is 1. The molecule has 0 radical (unpaired) electrons. The van der Waals surface area contributed by atoms with E-state index in [2.05, 4.69) is 0 Å². The van der Waals surface area contributed by atoms with Gasteiger partial charge in [0, 0.05) is 0 Å². The first kappa shape index (κ1) is 30.7. The molecule has 2 atom stereocenters. The van der Waals surface area contributed by atoms with Crippen molar-refractivity contribution in [2.45, 2.75) is 73.5 Å². The Morgan fingerprint density at radius 2 is 1.49 bits per heavy atom. The second-order valence-electron chi connectivity index (χ2n) is 11.4. The molecule has 212 valence electrons. The van der Waals surface area contributed by atoms with E-state index >= 15 is 0 Å². The number of esters is 4. The van der Waals surface area contributed by atoms with Crippen LogP contribution in [0.15, 0.2) is 36.4 Å². The summed E-state index contributed by atoms with van der Waals surface area (Å²) in [6.07, 6.45) is -0.978. The van der Waals surface area contributed by atoms with Crippen molar-refractivity contribution in [1.29, 1.82) is 0 Å². The Balaban J connectivity index is 2.02. The average molecular weight is 656 g/mol. The number of hydrogen-bond donors (Lipinski definition) is 1. The number of carbonyl (C=O) groups excluding carboxylic acids is 4. The summed E-state index contributed by atoms with van der Waals surface area (Å²) in [4.78, 5) is 53.6. The molecule has 0 bridgehead atoms. The van der Waals surface area contributed by atoms with Crippen LogP contribution in [0.5, 0.6) is 11.5 Å². The summed E-state index contributed by atoms with van der Waals surface area (Å²) >= 11 is -0.657. The number of carbonyl (C=O) groups is 4. The van der Waals surface area contributed by atoms with Gasteiger partial charge < -0.3 is 5.11 Å². The summed E-state index contributed by atoms with van der Waals surface area (Å²) in [7, 11) is 0. The molecule has 9 nitrogen and oxygen atoms in total. The third-order valence-electron chi connectivity index (χ3n) is 7.79. The molecular weight excluding hydrogens is 620 g/mol. The van der Waals surface area contributed by atoms with Crippen LogP contribution in [-0.4, -0.2) is 62.1 Å². The number of rotatable bonds is 9. The Bertz CT molecular complexity index is 1260. The van der Waals surface area contributed by atoms with Gasteiger partial charge in [0.05, 0.1) is 0 Å². The van der Waals surface area contributed by atoms with Crippen LogP contribution in [0.1, 0.15) is 62.0 Å². The van der Waals surface area contributed by atoms with Crippen molar-refractivity contribution in [1.82, 2.24) is 0 Å². The molecule has 3 rings (SSSR count). The number of hydrogen-bond acceptors (Lipinski definition) is 9. The predicted molar refractivity (Wildman–Crippen MR) is 142 cm³/mol. The monoisotopic (exact) mass is 658 g/mol. The Hall–Kier alpha value is -2.83. The van der Waals surface area contributed by atoms with Gasteiger partial charge in [-0.05, 0) is 0 Å². The molecule has 0 amide bonds. The van der Waals surface area contributed by atoms with E-state index in [-0.39, 0.29) is 24.5 Å². The molecule has 2 aromatic rings. The quantitative estimate of drug-likeness (QED) is 0.184. The maximum absolute atomic E-state index is 13.9. The van der Waals surface area contributed by atoms with Crippen molar-refractivity contribution < 1.29 is 43.2 Å². The van der Waals surface area contributed by atoms with E-state index < -0.39 is 72.3 Å². The van der Waals surface area contributed by atoms with Crippen molar-refractivity contribution in [2.24, 2.45) is 16.2 Å². The summed E-state index contributed by atoms with van der Waals surface area (Å²) in [5.41, 5.74) is -6.07. The molecule has 1 aliphatic heterocycles. The van der Waals surface area contributed by atoms with Crippen molar-refractivity contribution in [3.05, 3.63) is 43.6 Å². The van der Waals surface area contributed by atoms with E-state index in [1.165, 1.54) is 62.5 Å². The van der Waals surface area contributed by atoms with E-state index in [0.29, 0.717) is 0 Å². The molecule has 1 aliphatic rings. The third-order valence-corrected chi connectivity index (χ3v) is 11.5. The Morgan fingerprint density at radius 3 is 2.00 bits per heavy atom. The van der Waals surface area contributed by atoms with Crippen LogP contribution >= 0.6 is 0 Å². The fraction of sp³-hybridized carbons (Fsp3) is 0.517. The Morgan fingerprint density at radius 1 is 0.897 bits per heavy atom. The van der Waals surface area contributed by atoms with Gasteiger partial charge in [0.2, 0.25) is 0 Å². The van der Waals surface area contributed by atoms with Gasteiger partial charge in [0.1, 0.15) is 5.75 Å². The second-order valence-corrected chi connectivity index (χ2v) is 15.1. The summed E-state index contributed by atoms with van der Waals surface area (Å²) in [6, 6.07) is 9.51.